The largest absolute Gasteiger partial charge is 0.311 e. The van der Waals surface area contributed by atoms with E-state index in [0.29, 0.717) is 0 Å². The van der Waals surface area contributed by atoms with Gasteiger partial charge in [-0.05, 0) is 137 Å². The van der Waals surface area contributed by atoms with Gasteiger partial charge in [0.15, 0.2) is 0 Å². The van der Waals surface area contributed by atoms with Crippen LogP contribution in [0.5, 0.6) is 0 Å². The summed E-state index contributed by atoms with van der Waals surface area (Å²) in [5.41, 5.74) is 23.4. The molecule has 7 aromatic rings. The lowest BCUT2D eigenvalue weighted by molar-refractivity contribution is 0.780. The van der Waals surface area contributed by atoms with Crippen molar-refractivity contribution in [2.24, 2.45) is 4.99 Å². The van der Waals surface area contributed by atoms with Crippen LogP contribution in [0.2, 0.25) is 0 Å². The van der Waals surface area contributed by atoms with Crippen LogP contribution in [0.3, 0.4) is 0 Å². The van der Waals surface area contributed by atoms with Crippen LogP contribution in [-0.2, 0) is 5.41 Å². The van der Waals surface area contributed by atoms with Gasteiger partial charge in [0.1, 0.15) is 0 Å². The van der Waals surface area contributed by atoms with Crippen LogP contribution in [0.25, 0.3) is 27.8 Å². The minimum atomic E-state index is -0.328. The minimum Gasteiger partial charge on any atom is -0.311 e. The first-order valence-corrected chi connectivity index (χ1v) is 22.2. The smallest absolute Gasteiger partial charge is 0.0781 e. The zero-order valence-corrected chi connectivity index (χ0v) is 35.9. The average Bonchev–Trinajstić information content (AvgIpc) is 3.72. The molecule has 2 heteroatoms. The summed E-state index contributed by atoms with van der Waals surface area (Å²) in [6.45, 7) is 9.08. The van der Waals surface area contributed by atoms with Crippen molar-refractivity contribution in [1.29, 1.82) is 0 Å². The van der Waals surface area contributed by atoms with E-state index in [1.54, 1.807) is 0 Å². The fraction of sp³-hybridized carbons (Fsp3) is 0.0984. The van der Waals surface area contributed by atoms with Gasteiger partial charge in [-0.3, -0.25) is 0 Å². The number of aliphatic imine (C=N–C) groups is 1. The molecule has 1 unspecified atom stereocenters. The Morgan fingerprint density at radius 2 is 1.19 bits per heavy atom. The normalized spacial score (nSPS) is 17.2. The van der Waals surface area contributed by atoms with Gasteiger partial charge in [0.05, 0.1) is 16.8 Å². The number of para-hydroxylation sites is 1. The van der Waals surface area contributed by atoms with Crippen molar-refractivity contribution in [3.8, 4) is 11.1 Å². The molecule has 0 fully saturated rings. The monoisotopic (exact) mass is 808 g/mol. The number of rotatable bonds is 8. The lowest BCUT2D eigenvalue weighted by Crippen LogP contribution is -2.27. The number of hydrogen-bond donors (Lipinski definition) is 0. The predicted octanol–water partition coefficient (Wildman–Crippen LogP) is 15.7. The highest BCUT2D eigenvalue weighted by atomic mass is 15.1. The van der Waals surface area contributed by atoms with Crippen LogP contribution in [0.15, 0.2) is 235 Å². The van der Waals surface area contributed by atoms with E-state index in [1.807, 2.05) is 0 Å². The van der Waals surface area contributed by atoms with Gasteiger partial charge < -0.3 is 4.90 Å². The summed E-state index contributed by atoms with van der Waals surface area (Å²) in [6.07, 6.45) is 14.6. The Labute approximate surface area is 371 Å². The summed E-state index contributed by atoms with van der Waals surface area (Å²) < 4.78 is 0. The number of hydrogen-bond acceptors (Lipinski definition) is 2. The molecule has 0 heterocycles. The minimum absolute atomic E-state index is 0.328. The van der Waals surface area contributed by atoms with Gasteiger partial charge in [-0.1, -0.05) is 176 Å². The van der Waals surface area contributed by atoms with Crippen molar-refractivity contribution in [1.82, 2.24) is 0 Å². The molecule has 1 atom stereocenters. The van der Waals surface area contributed by atoms with E-state index in [9.17, 15) is 0 Å². The number of benzene rings is 7. The molecule has 0 N–H and O–H groups in total. The van der Waals surface area contributed by atoms with E-state index >= 15 is 0 Å². The molecule has 2 nitrogen and oxygen atoms in total. The van der Waals surface area contributed by atoms with Crippen LogP contribution < -0.4 is 4.90 Å². The highest BCUT2D eigenvalue weighted by Crippen LogP contribution is 2.63. The Bertz CT molecular complexity index is 3140. The van der Waals surface area contributed by atoms with Gasteiger partial charge in [0.25, 0.3) is 0 Å². The second kappa shape index (κ2) is 15.7. The summed E-state index contributed by atoms with van der Waals surface area (Å²) >= 11 is 0. The highest BCUT2D eigenvalue weighted by molar-refractivity contribution is 6.32. The van der Waals surface area contributed by atoms with E-state index in [0.717, 1.165) is 75.6 Å². The van der Waals surface area contributed by atoms with Gasteiger partial charge in [0.2, 0.25) is 0 Å². The lowest BCUT2D eigenvalue weighted by atomic mass is 9.69. The molecule has 0 aromatic heterocycles. The molecular formula is C61H48N2. The Morgan fingerprint density at radius 1 is 0.571 bits per heavy atom. The van der Waals surface area contributed by atoms with Gasteiger partial charge in [-0.25, -0.2) is 4.99 Å². The molecule has 1 spiro atoms. The summed E-state index contributed by atoms with van der Waals surface area (Å²) in [5, 5.41) is 0. The molecule has 0 aliphatic heterocycles. The van der Waals surface area contributed by atoms with Crippen molar-refractivity contribution in [3.63, 3.8) is 0 Å². The Balaban J connectivity index is 1.01. The topological polar surface area (TPSA) is 15.6 Å². The van der Waals surface area contributed by atoms with E-state index in [4.69, 9.17) is 11.6 Å². The van der Waals surface area contributed by atoms with Gasteiger partial charge in [0, 0.05) is 33.8 Å². The molecule has 11 rings (SSSR count). The number of fused-ring (bicyclic) bond motifs is 9. The van der Waals surface area contributed by atoms with Crippen LogP contribution in [-0.4, -0.2) is 5.71 Å². The fourth-order valence-electron chi connectivity index (χ4n) is 10.4. The molecule has 0 bridgehead atoms. The number of allylic oxidation sites excluding steroid dienone is 10. The molecule has 0 saturated heterocycles. The third kappa shape index (κ3) is 6.36. The zero-order valence-electron chi connectivity index (χ0n) is 35.9. The third-order valence-corrected chi connectivity index (χ3v) is 13.4. The maximum Gasteiger partial charge on any atom is 0.0781 e. The van der Waals surface area contributed by atoms with Gasteiger partial charge in [-0.15, -0.1) is 0 Å². The lowest BCUT2D eigenvalue weighted by Gasteiger charge is -2.32. The van der Waals surface area contributed by atoms with Crippen molar-refractivity contribution in [3.05, 3.63) is 274 Å². The summed E-state index contributed by atoms with van der Waals surface area (Å²) in [4.78, 5) is 7.98. The SMILES string of the molecule is C=C(C(=NC1=C(C)C=CCC=C1c1ccc2c(c1)-c1ccccc1C21C2=C(CCC=C2)c2ccccc21)c1ccccc1)c1ccc(N(c2ccccc2)c2ccc(C)cc2)cc1. The Kier molecular flexibility index (Phi) is 9.58. The summed E-state index contributed by atoms with van der Waals surface area (Å²) in [6, 6.07) is 64.0. The fourth-order valence-corrected chi connectivity index (χ4v) is 10.4. The maximum atomic E-state index is 5.68. The number of anilines is 3. The molecule has 63 heavy (non-hydrogen) atoms. The molecule has 302 valence electrons. The molecule has 0 radical (unpaired) electrons. The molecule has 0 amide bonds. The Morgan fingerprint density at radius 3 is 1.94 bits per heavy atom. The first kappa shape index (κ1) is 38.4. The second-order valence-electron chi connectivity index (χ2n) is 17.1. The van der Waals surface area contributed by atoms with Crippen LogP contribution in [0.1, 0.15) is 70.7 Å². The van der Waals surface area contributed by atoms with Crippen molar-refractivity contribution >= 4 is 39.5 Å². The van der Waals surface area contributed by atoms with Crippen LogP contribution in [0, 0.1) is 6.92 Å². The van der Waals surface area contributed by atoms with Crippen molar-refractivity contribution < 1.29 is 0 Å². The molecule has 7 aromatic carbocycles. The predicted molar refractivity (Wildman–Crippen MR) is 266 cm³/mol. The average molecular weight is 809 g/mol. The second-order valence-corrected chi connectivity index (χ2v) is 17.1. The maximum absolute atomic E-state index is 5.68. The molecular weight excluding hydrogens is 761 g/mol. The molecule has 4 aliphatic rings. The van der Waals surface area contributed by atoms with Crippen molar-refractivity contribution in [2.75, 3.05) is 4.90 Å². The molecule has 0 saturated carbocycles. The summed E-state index contributed by atoms with van der Waals surface area (Å²) in [5.74, 6) is 0. The van der Waals surface area contributed by atoms with E-state index in [-0.39, 0.29) is 5.41 Å². The van der Waals surface area contributed by atoms with E-state index in [2.05, 4.69) is 225 Å². The first-order valence-electron chi connectivity index (χ1n) is 22.2. The van der Waals surface area contributed by atoms with Crippen molar-refractivity contribution in [2.45, 2.75) is 38.5 Å². The van der Waals surface area contributed by atoms with E-state index in [1.165, 1.54) is 55.7 Å². The van der Waals surface area contributed by atoms with Crippen LogP contribution >= 0.6 is 0 Å². The number of nitrogens with zero attached hydrogens (tertiary/aromatic N) is 2. The first-order chi connectivity index (χ1) is 31.0. The third-order valence-electron chi connectivity index (χ3n) is 13.4. The highest BCUT2D eigenvalue weighted by Gasteiger charge is 2.52. The standard InChI is InChI=1S/C61H48N2/c1-41-30-35-48(36-31-41)63(47-21-8-5-9-22-47)49-37-32-44(33-38-49)43(3)60(45-19-6-4-7-20-45)62-59-42(2)18-10-11-23-50(59)46-34-39-58-54(40-46)53-26-14-17-29-57(53)61(58)55-27-15-12-24-51(55)52-25-13-16-28-56(52)61/h4-10,12,14-24,26-40H,3,11,13,25H2,1-2H3. The van der Waals surface area contributed by atoms with E-state index < -0.39 is 0 Å². The quantitative estimate of drug-likeness (QED) is 0.140. The van der Waals surface area contributed by atoms with Crippen LogP contribution in [0.4, 0.5) is 17.1 Å². The summed E-state index contributed by atoms with van der Waals surface area (Å²) in [7, 11) is 0. The van der Waals surface area contributed by atoms with Gasteiger partial charge in [-0.2, -0.15) is 0 Å². The zero-order chi connectivity index (χ0) is 42.5. The Hall–Kier alpha value is -7.55. The van der Waals surface area contributed by atoms with Gasteiger partial charge >= 0.3 is 0 Å². The molecule has 4 aliphatic carbocycles. The number of aryl methyl sites for hydroxylation is 1.